The highest BCUT2D eigenvalue weighted by Crippen LogP contribution is 2.16. The van der Waals surface area contributed by atoms with Gasteiger partial charge in [0.05, 0.1) is 13.0 Å². The predicted molar refractivity (Wildman–Crippen MR) is 74.3 cm³/mol. The van der Waals surface area contributed by atoms with Crippen LogP contribution < -0.4 is 16.4 Å². The molecule has 0 saturated carbocycles. The van der Waals surface area contributed by atoms with Crippen LogP contribution in [0.3, 0.4) is 0 Å². The number of carbonyl (C=O) groups is 3. The lowest BCUT2D eigenvalue weighted by Crippen LogP contribution is -2.47. The molecule has 0 aromatic carbocycles. The van der Waals surface area contributed by atoms with E-state index in [0.29, 0.717) is 6.54 Å². The maximum atomic E-state index is 11.6. The first kappa shape index (κ1) is 16.0. The van der Waals surface area contributed by atoms with Gasteiger partial charge in [0.2, 0.25) is 5.91 Å². The van der Waals surface area contributed by atoms with Crippen LogP contribution in [0.15, 0.2) is 12.1 Å². The van der Waals surface area contributed by atoms with Gasteiger partial charge in [-0.2, -0.15) is 0 Å². The van der Waals surface area contributed by atoms with E-state index < -0.39 is 30.4 Å². The number of urea groups is 1. The maximum absolute atomic E-state index is 11.6. The molecular weight excluding hydrogens is 282 g/mol. The summed E-state index contributed by atoms with van der Waals surface area (Å²) in [6, 6.07) is 1.92. The first-order valence-electron chi connectivity index (χ1n) is 6.05. The third-order valence-corrected chi connectivity index (χ3v) is 3.73. The van der Waals surface area contributed by atoms with Gasteiger partial charge in [-0.3, -0.25) is 4.79 Å². The molecule has 7 nitrogen and oxygen atoms in total. The van der Waals surface area contributed by atoms with Gasteiger partial charge in [0.25, 0.3) is 0 Å². The number of aliphatic carboxylic acids is 1. The fraction of sp³-hybridized carbons (Fsp3) is 0.417. The van der Waals surface area contributed by atoms with E-state index in [2.05, 4.69) is 10.6 Å². The number of aryl methyl sites for hydroxylation is 1. The van der Waals surface area contributed by atoms with Gasteiger partial charge < -0.3 is 21.5 Å². The second-order valence-electron chi connectivity index (χ2n) is 4.11. The third-order valence-electron chi connectivity index (χ3n) is 2.50. The monoisotopic (exact) mass is 299 g/mol. The van der Waals surface area contributed by atoms with E-state index in [0.717, 1.165) is 11.3 Å². The van der Waals surface area contributed by atoms with Crippen molar-refractivity contribution in [3.8, 4) is 0 Å². The van der Waals surface area contributed by atoms with Gasteiger partial charge in [-0.05, 0) is 18.6 Å². The van der Waals surface area contributed by atoms with Crippen molar-refractivity contribution in [2.24, 2.45) is 5.73 Å². The molecule has 0 saturated heterocycles. The second-order valence-corrected chi connectivity index (χ2v) is 5.36. The molecule has 1 atom stereocenters. The van der Waals surface area contributed by atoms with Crippen LogP contribution in [-0.4, -0.2) is 29.1 Å². The van der Waals surface area contributed by atoms with Crippen LogP contribution in [-0.2, 0) is 22.6 Å². The zero-order valence-corrected chi connectivity index (χ0v) is 11.8. The largest absolute Gasteiger partial charge is 0.480 e. The van der Waals surface area contributed by atoms with E-state index >= 15 is 0 Å². The van der Waals surface area contributed by atoms with E-state index in [4.69, 9.17) is 10.8 Å². The second kappa shape index (κ2) is 7.49. The standard InChI is InChI=1S/C12H17N3O4S/c1-2-7-3-4-8(20-7)6-14-12(19)15-9(11(17)18)5-10(13)16/h3-4,9H,2,5-6H2,1H3,(H2,13,16)(H,17,18)(H2,14,15,19)/t9-/m1/s1. The Hall–Kier alpha value is -2.09. The van der Waals surface area contributed by atoms with Crippen molar-refractivity contribution < 1.29 is 19.5 Å². The normalized spacial score (nSPS) is 11.7. The highest BCUT2D eigenvalue weighted by atomic mass is 32.1. The minimum atomic E-state index is -1.32. The molecule has 5 N–H and O–H groups in total. The van der Waals surface area contributed by atoms with Crippen LogP contribution >= 0.6 is 11.3 Å². The summed E-state index contributed by atoms with van der Waals surface area (Å²) in [4.78, 5) is 35.3. The van der Waals surface area contributed by atoms with Crippen molar-refractivity contribution in [2.75, 3.05) is 0 Å². The Kier molecular flexibility index (Phi) is 5.98. The van der Waals surface area contributed by atoms with Gasteiger partial charge in [0.1, 0.15) is 6.04 Å². The summed E-state index contributed by atoms with van der Waals surface area (Å²) < 4.78 is 0. The Balaban J connectivity index is 2.45. The molecule has 0 radical (unpaired) electrons. The summed E-state index contributed by atoms with van der Waals surface area (Å²) >= 11 is 1.58. The number of nitrogens with two attached hydrogens (primary N) is 1. The lowest BCUT2D eigenvalue weighted by molar-refractivity contribution is -0.140. The lowest BCUT2D eigenvalue weighted by Gasteiger charge is -2.13. The molecule has 20 heavy (non-hydrogen) atoms. The number of carboxylic acids is 1. The molecule has 0 fully saturated rings. The number of carboxylic acid groups (broad SMARTS) is 1. The Morgan fingerprint density at radius 3 is 2.50 bits per heavy atom. The van der Waals surface area contributed by atoms with Crippen LogP contribution in [0, 0.1) is 0 Å². The summed E-state index contributed by atoms with van der Waals surface area (Å²) in [5.74, 6) is -2.09. The zero-order valence-electron chi connectivity index (χ0n) is 11.0. The molecule has 3 amide bonds. The number of carbonyl (C=O) groups excluding carboxylic acids is 2. The molecule has 8 heteroatoms. The van der Waals surface area contributed by atoms with Gasteiger partial charge in [-0.15, -0.1) is 11.3 Å². The van der Waals surface area contributed by atoms with Gasteiger partial charge in [0, 0.05) is 9.75 Å². The van der Waals surface area contributed by atoms with E-state index in [1.165, 1.54) is 4.88 Å². The molecule has 0 unspecified atom stereocenters. The van der Waals surface area contributed by atoms with Crippen molar-refractivity contribution >= 4 is 29.2 Å². The highest BCUT2D eigenvalue weighted by Gasteiger charge is 2.21. The van der Waals surface area contributed by atoms with E-state index in [-0.39, 0.29) is 0 Å². The fourth-order valence-electron chi connectivity index (χ4n) is 1.49. The number of nitrogens with one attached hydrogen (secondary N) is 2. The van der Waals surface area contributed by atoms with Crippen LogP contribution in [0.25, 0.3) is 0 Å². The first-order valence-corrected chi connectivity index (χ1v) is 6.87. The number of hydrogen-bond acceptors (Lipinski definition) is 4. The Labute approximate surface area is 120 Å². The number of amides is 3. The molecule has 1 aromatic rings. The quantitative estimate of drug-likeness (QED) is 0.583. The summed E-state index contributed by atoms with van der Waals surface area (Å²) in [5.41, 5.74) is 4.92. The molecule has 0 aliphatic heterocycles. The van der Waals surface area contributed by atoms with Gasteiger partial charge >= 0.3 is 12.0 Å². The molecule has 0 aliphatic rings. The SMILES string of the molecule is CCc1ccc(CNC(=O)N[C@H](CC(N)=O)C(=O)O)s1. The van der Waals surface area contributed by atoms with Crippen LogP contribution in [0.2, 0.25) is 0 Å². The van der Waals surface area contributed by atoms with E-state index in [1.807, 2.05) is 19.1 Å². The Morgan fingerprint density at radius 1 is 1.35 bits per heavy atom. The Bertz CT molecular complexity index is 501. The summed E-state index contributed by atoms with van der Waals surface area (Å²) in [6.07, 6.45) is 0.484. The highest BCUT2D eigenvalue weighted by molar-refractivity contribution is 7.11. The molecule has 110 valence electrons. The molecular formula is C12H17N3O4S. The average molecular weight is 299 g/mol. The summed E-state index contributed by atoms with van der Waals surface area (Å²) in [7, 11) is 0. The van der Waals surface area contributed by atoms with Crippen molar-refractivity contribution in [3.63, 3.8) is 0 Å². The molecule has 1 heterocycles. The topological polar surface area (TPSA) is 122 Å². The first-order chi connectivity index (χ1) is 9.42. The summed E-state index contributed by atoms with van der Waals surface area (Å²) in [5, 5.41) is 13.6. The molecule has 1 rings (SSSR count). The predicted octanol–water partition coefficient (Wildman–Crippen LogP) is 0.438. The third kappa shape index (κ3) is 5.27. The van der Waals surface area contributed by atoms with Gasteiger partial charge in [0.15, 0.2) is 0 Å². The van der Waals surface area contributed by atoms with Crippen LogP contribution in [0.1, 0.15) is 23.1 Å². The molecule has 0 bridgehead atoms. The van der Waals surface area contributed by atoms with Crippen LogP contribution in [0.4, 0.5) is 4.79 Å². The minimum absolute atomic E-state index is 0.305. The smallest absolute Gasteiger partial charge is 0.326 e. The number of primary amides is 1. The lowest BCUT2D eigenvalue weighted by atomic mass is 10.2. The van der Waals surface area contributed by atoms with Crippen LogP contribution in [0.5, 0.6) is 0 Å². The number of rotatable bonds is 7. The van der Waals surface area contributed by atoms with Crippen molar-refractivity contribution in [3.05, 3.63) is 21.9 Å². The van der Waals surface area contributed by atoms with Crippen molar-refractivity contribution in [2.45, 2.75) is 32.4 Å². The van der Waals surface area contributed by atoms with Crippen molar-refractivity contribution in [1.29, 1.82) is 0 Å². The van der Waals surface area contributed by atoms with Crippen molar-refractivity contribution in [1.82, 2.24) is 10.6 Å². The van der Waals surface area contributed by atoms with E-state index in [1.54, 1.807) is 11.3 Å². The molecule has 1 aromatic heterocycles. The summed E-state index contributed by atoms with van der Waals surface area (Å²) in [6.45, 7) is 2.34. The molecule has 0 aliphatic carbocycles. The maximum Gasteiger partial charge on any atom is 0.326 e. The minimum Gasteiger partial charge on any atom is -0.480 e. The van der Waals surface area contributed by atoms with E-state index in [9.17, 15) is 14.4 Å². The fourth-order valence-corrected chi connectivity index (χ4v) is 2.38. The zero-order chi connectivity index (χ0) is 15.1. The Morgan fingerprint density at radius 2 is 2.00 bits per heavy atom. The number of hydrogen-bond donors (Lipinski definition) is 4. The van der Waals surface area contributed by atoms with Gasteiger partial charge in [-0.1, -0.05) is 6.92 Å². The number of thiophene rings is 1. The molecule has 0 spiro atoms. The average Bonchev–Trinajstić information content (AvgIpc) is 2.83. The van der Waals surface area contributed by atoms with Gasteiger partial charge in [-0.25, -0.2) is 9.59 Å².